The van der Waals surface area contributed by atoms with Crippen LogP contribution in [0.5, 0.6) is 0 Å². The van der Waals surface area contributed by atoms with Crippen molar-refractivity contribution in [3.05, 3.63) is 65.7 Å². The number of aryl methyl sites for hydroxylation is 1. The Balaban J connectivity index is 1.47. The molecule has 0 spiro atoms. The molecule has 3 heterocycles. The lowest BCUT2D eigenvalue weighted by molar-refractivity contribution is -0.136. The van der Waals surface area contributed by atoms with Gasteiger partial charge in [-0.2, -0.15) is 5.10 Å². The Labute approximate surface area is 184 Å². The molecule has 0 radical (unpaired) electrons. The van der Waals surface area contributed by atoms with E-state index in [-0.39, 0.29) is 6.54 Å². The van der Waals surface area contributed by atoms with Crippen LogP contribution in [0.1, 0.15) is 34.6 Å². The molecular formula is C23H23N5O4. The van der Waals surface area contributed by atoms with Gasteiger partial charge in [-0.3, -0.25) is 19.3 Å². The van der Waals surface area contributed by atoms with Crippen LogP contribution in [0, 0.1) is 0 Å². The minimum absolute atomic E-state index is 0.0602. The zero-order valence-corrected chi connectivity index (χ0v) is 17.6. The molecule has 3 aromatic rings. The first-order valence-electron chi connectivity index (χ1n) is 10.3. The van der Waals surface area contributed by atoms with E-state index in [1.807, 2.05) is 30.3 Å². The second kappa shape index (κ2) is 9.42. The predicted octanol–water partition coefficient (Wildman–Crippen LogP) is 2.32. The number of methoxy groups -OCH3 is 1. The molecule has 2 amide bonds. The van der Waals surface area contributed by atoms with E-state index in [2.05, 4.69) is 20.7 Å². The van der Waals surface area contributed by atoms with Crippen molar-refractivity contribution in [3.63, 3.8) is 0 Å². The van der Waals surface area contributed by atoms with E-state index in [1.165, 1.54) is 13.3 Å². The Morgan fingerprint density at radius 2 is 1.91 bits per heavy atom. The molecule has 32 heavy (non-hydrogen) atoms. The van der Waals surface area contributed by atoms with Gasteiger partial charge in [-0.05, 0) is 30.9 Å². The zero-order chi connectivity index (χ0) is 22.5. The van der Waals surface area contributed by atoms with Crippen molar-refractivity contribution in [2.24, 2.45) is 0 Å². The van der Waals surface area contributed by atoms with E-state index in [0.717, 1.165) is 36.1 Å². The summed E-state index contributed by atoms with van der Waals surface area (Å²) in [6.07, 6.45) is 5.76. The quantitative estimate of drug-likeness (QED) is 0.471. The number of amides is 2. The van der Waals surface area contributed by atoms with Gasteiger partial charge in [0.05, 0.1) is 36.9 Å². The van der Waals surface area contributed by atoms with Crippen LogP contribution in [-0.2, 0) is 33.8 Å². The average molecular weight is 433 g/mol. The molecule has 0 saturated heterocycles. The van der Waals surface area contributed by atoms with Gasteiger partial charge in [-0.15, -0.1) is 0 Å². The molecule has 0 aliphatic carbocycles. The van der Waals surface area contributed by atoms with Crippen molar-refractivity contribution >= 4 is 23.5 Å². The molecule has 0 unspecified atom stereocenters. The molecule has 0 bridgehead atoms. The summed E-state index contributed by atoms with van der Waals surface area (Å²) < 4.78 is 6.68. The Bertz CT molecular complexity index is 1160. The van der Waals surface area contributed by atoms with Gasteiger partial charge in [0.2, 0.25) is 0 Å². The first-order chi connectivity index (χ1) is 15.6. The molecule has 2 aromatic heterocycles. The van der Waals surface area contributed by atoms with Crippen LogP contribution >= 0.6 is 0 Å². The van der Waals surface area contributed by atoms with Crippen molar-refractivity contribution in [3.8, 4) is 11.1 Å². The van der Waals surface area contributed by atoms with Crippen LogP contribution in [0.25, 0.3) is 11.1 Å². The van der Waals surface area contributed by atoms with E-state index in [0.29, 0.717) is 23.5 Å². The summed E-state index contributed by atoms with van der Waals surface area (Å²) in [5.74, 6) is -2.17. The van der Waals surface area contributed by atoms with Crippen LogP contribution < -0.4 is 10.6 Å². The summed E-state index contributed by atoms with van der Waals surface area (Å²) in [6, 6.07) is 11.2. The molecule has 1 aliphatic rings. The van der Waals surface area contributed by atoms with Gasteiger partial charge < -0.3 is 15.4 Å². The maximum atomic E-state index is 12.5. The number of aromatic nitrogens is 3. The van der Waals surface area contributed by atoms with E-state index in [9.17, 15) is 14.4 Å². The second-order valence-electron chi connectivity index (χ2n) is 7.36. The van der Waals surface area contributed by atoms with E-state index in [1.54, 1.807) is 16.9 Å². The minimum Gasteiger partial charge on any atom is -0.465 e. The molecular weight excluding hydrogens is 410 g/mol. The van der Waals surface area contributed by atoms with E-state index < -0.39 is 17.8 Å². The highest BCUT2D eigenvalue weighted by Gasteiger charge is 2.26. The Kier molecular flexibility index (Phi) is 6.25. The number of hydrogen-bond acceptors (Lipinski definition) is 6. The molecule has 0 fully saturated rings. The Morgan fingerprint density at radius 1 is 1.09 bits per heavy atom. The number of nitrogens with one attached hydrogen (secondary N) is 2. The highest BCUT2D eigenvalue weighted by Crippen LogP contribution is 2.26. The monoisotopic (exact) mass is 433 g/mol. The van der Waals surface area contributed by atoms with Crippen LogP contribution in [0.3, 0.4) is 0 Å². The number of hydrogen-bond donors (Lipinski definition) is 2. The fourth-order valence-electron chi connectivity index (χ4n) is 3.79. The highest BCUT2D eigenvalue weighted by atomic mass is 16.5. The van der Waals surface area contributed by atoms with Crippen LogP contribution in [-0.4, -0.2) is 39.7 Å². The fourth-order valence-corrected chi connectivity index (χ4v) is 3.79. The maximum Gasteiger partial charge on any atom is 0.341 e. The molecule has 0 atom stereocenters. The number of anilines is 1. The molecule has 9 nitrogen and oxygen atoms in total. The van der Waals surface area contributed by atoms with Gasteiger partial charge in [0.25, 0.3) is 0 Å². The minimum atomic E-state index is -0.838. The zero-order valence-electron chi connectivity index (χ0n) is 17.6. The van der Waals surface area contributed by atoms with Gasteiger partial charge in [0.15, 0.2) is 0 Å². The molecule has 1 aromatic carbocycles. The fraction of sp³-hybridized carbons (Fsp3) is 0.261. The molecule has 1 aliphatic heterocycles. The van der Waals surface area contributed by atoms with Crippen molar-refractivity contribution in [2.45, 2.75) is 32.4 Å². The summed E-state index contributed by atoms with van der Waals surface area (Å²) in [4.78, 5) is 41.3. The third kappa shape index (κ3) is 4.36. The van der Waals surface area contributed by atoms with Crippen LogP contribution in [0.15, 0.2) is 48.8 Å². The SMILES string of the molecule is COC(=O)c1c(CNC(=O)C(=O)Nc2cnccc2-c2ccccc2)nn2c1CCCC2. The number of fused-ring (bicyclic) bond motifs is 1. The first-order valence-corrected chi connectivity index (χ1v) is 10.3. The molecule has 2 N–H and O–H groups in total. The summed E-state index contributed by atoms with van der Waals surface area (Å²) in [6.45, 7) is 0.645. The smallest absolute Gasteiger partial charge is 0.341 e. The number of ether oxygens (including phenoxy) is 1. The number of pyridine rings is 1. The third-order valence-electron chi connectivity index (χ3n) is 5.33. The van der Waals surface area contributed by atoms with E-state index >= 15 is 0 Å². The summed E-state index contributed by atoms with van der Waals surface area (Å²) in [7, 11) is 1.31. The number of nitrogens with zero attached hydrogens (tertiary/aromatic N) is 3. The van der Waals surface area contributed by atoms with E-state index in [4.69, 9.17) is 4.74 Å². The van der Waals surface area contributed by atoms with Crippen molar-refractivity contribution in [1.29, 1.82) is 0 Å². The normalized spacial score (nSPS) is 12.5. The number of benzene rings is 1. The molecule has 164 valence electrons. The molecule has 0 saturated carbocycles. The van der Waals surface area contributed by atoms with Crippen molar-refractivity contribution in [2.75, 3.05) is 12.4 Å². The largest absolute Gasteiger partial charge is 0.465 e. The predicted molar refractivity (Wildman–Crippen MR) is 117 cm³/mol. The lowest BCUT2D eigenvalue weighted by Gasteiger charge is -2.13. The van der Waals surface area contributed by atoms with Crippen molar-refractivity contribution in [1.82, 2.24) is 20.1 Å². The third-order valence-corrected chi connectivity index (χ3v) is 5.33. The summed E-state index contributed by atoms with van der Waals surface area (Å²) in [5.41, 5.74) is 3.62. The highest BCUT2D eigenvalue weighted by molar-refractivity contribution is 6.39. The number of carbonyl (C=O) groups is 3. The first kappa shape index (κ1) is 21.2. The number of rotatable bonds is 5. The summed E-state index contributed by atoms with van der Waals surface area (Å²) >= 11 is 0. The topological polar surface area (TPSA) is 115 Å². The lowest BCUT2D eigenvalue weighted by Crippen LogP contribution is -2.35. The second-order valence-corrected chi connectivity index (χ2v) is 7.36. The van der Waals surface area contributed by atoms with Gasteiger partial charge in [-0.25, -0.2) is 4.79 Å². The summed E-state index contributed by atoms with van der Waals surface area (Å²) in [5, 5.41) is 9.61. The molecule has 4 rings (SSSR count). The van der Waals surface area contributed by atoms with Gasteiger partial charge in [0.1, 0.15) is 5.56 Å². The van der Waals surface area contributed by atoms with Crippen LogP contribution in [0.4, 0.5) is 5.69 Å². The Morgan fingerprint density at radius 3 is 2.69 bits per heavy atom. The van der Waals surface area contributed by atoms with Crippen LogP contribution in [0.2, 0.25) is 0 Å². The standard InChI is InChI=1S/C23H23N5O4/c1-32-23(31)20-18(27-28-12-6-5-9-19(20)28)14-25-21(29)22(30)26-17-13-24-11-10-16(17)15-7-3-2-4-8-15/h2-4,7-8,10-11,13H,5-6,9,12,14H2,1H3,(H,25,29)(H,26,30). The average Bonchev–Trinajstić information content (AvgIpc) is 3.21. The Hall–Kier alpha value is -4.01. The maximum absolute atomic E-state index is 12.5. The van der Waals surface area contributed by atoms with Gasteiger partial charge >= 0.3 is 17.8 Å². The molecule has 9 heteroatoms. The lowest BCUT2D eigenvalue weighted by atomic mass is 10.0. The number of esters is 1. The number of carbonyl (C=O) groups excluding carboxylic acids is 3. The van der Waals surface area contributed by atoms with Gasteiger partial charge in [-0.1, -0.05) is 30.3 Å². The van der Waals surface area contributed by atoms with Gasteiger partial charge in [0, 0.05) is 18.3 Å². The van der Waals surface area contributed by atoms with Crippen molar-refractivity contribution < 1.29 is 19.1 Å².